The first-order valence-corrected chi connectivity index (χ1v) is 5.01. The molecule has 1 aromatic carbocycles. The minimum Gasteiger partial charge on any atom is -0.0632 e. The van der Waals surface area contributed by atoms with Crippen LogP contribution in [0, 0.1) is 0 Å². The summed E-state index contributed by atoms with van der Waals surface area (Å²) < 4.78 is 0. The van der Waals surface area contributed by atoms with Gasteiger partial charge in [0.25, 0.3) is 0 Å². The summed E-state index contributed by atoms with van der Waals surface area (Å²) in [6.45, 7) is 8.95. The van der Waals surface area contributed by atoms with Crippen LogP contribution in [0.5, 0.6) is 0 Å². The predicted octanol–water partition coefficient (Wildman–Crippen LogP) is 2.68. The third-order valence-electron chi connectivity index (χ3n) is 2.44. The molecule has 0 spiro atoms. The Labute approximate surface area is 82.8 Å². The standard InChI is InChI=1S/C12H19B/c1-9(2)10-5-7-11(8-6-10)12(3,4)13/h5-9H,13H2,1-4H3. The highest BCUT2D eigenvalue weighted by Crippen LogP contribution is 2.21. The largest absolute Gasteiger partial charge is 0.114 e. The Bertz CT molecular complexity index is 264. The SMILES string of the molecule is BC(C)(C)c1ccc(C(C)C)cc1. The van der Waals surface area contributed by atoms with Crippen LogP contribution in [0.4, 0.5) is 0 Å². The fourth-order valence-electron chi connectivity index (χ4n) is 1.37. The van der Waals surface area contributed by atoms with Gasteiger partial charge in [-0.25, -0.2) is 0 Å². The van der Waals surface area contributed by atoms with Crippen LogP contribution in [-0.2, 0) is 5.31 Å². The van der Waals surface area contributed by atoms with E-state index in [0.717, 1.165) is 0 Å². The van der Waals surface area contributed by atoms with Gasteiger partial charge in [-0.3, -0.25) is 0 Å². The second-order valence-corrected chi connectivity index (χ2v) is 5.03. The molecule has 0 saturated carbocycles. The highest BCUT2D eigenvalue weighted by atomic mass is 14.1. The summed E-state index contributed by atoms with van der Waals surface area (Å²) in [5.74, 6) is 0.633. The Morgan fingerprint density at radius 3 is 1.85 bits per heavy atom. The predicted molar refractivity (Wildman–Crippen MR) is 62.1 cm³/mol. The van der Waals surface area contributed by atoms with Crippen molar-refractivity contribution >= 4 is 7.85 Å². The molecular weight excluding hydrogens is 155 g/mol. The van der Waals surface area contributed by atoms with E-state index >= 15 is 0 Å². The van der Waals surface area contributed by atoms with Gasteiger partial charge in [-0.15, -0.1) is 0 Å². The van der Waals surface area contributed by atoms with Crippen molar-refractivity contribution < 1.29 is 0 Å². The number of hydrogen-bond acceptors (Lipinski definition) is 0. The molecule has 0 aliphatic rings. The van der Waals surface area contributed by atoms with Gasteiger partial charge in [-0.1, -0.05) is 57.5 Å². The Kier molecular flexibility index (Phi) is 2.85. The zero-order valence-electron chi connectivity index (χ0n) is 9.39. The molecule has 13 heavy (non-hydrogen) atoms. The van der Waals surface area contributed by atoms with Crippen molar-refractivity contribution in [2.45, 2.75) is 38.9 Å². The van der Waals surface area contributed by atoms with Crippen LogP contribution < -0.4 is 0 Å². The summed E-state index contributed by atoms with van der Waals surface area (Å²) in [6, 6.07) is 8.97. The molecule has 1 aromatic rings. The van der Waals surface area contributed by atoms with Crippen molar-refractivity contribution in [3.63, 3.8) is 0 Å². The molecule has 0 aliphatic carbocycles. The molecule has 70 valence electrons. The van der Waals surface area contributed by atoms with E-state index in [1.54, 1.807) is 0 Å². The van der Waals surface area contributed by atoms with Crippen molar-refractivity contribution in [1.82, 2.24) is 0 Å². The lowest BCUT2D eigenvalue weighted by molar-refractivity contribution is 0.761. The van der Waals surface area contributed by atoms with E-state index < -0.39 is 0 Å². The first-order valence-electron chi connectivity index (χ1n) is 5.01. The van der Waals surface area contributed by atoms with Crippen molar-refractivity contribution in [2.75, 3.05) is 0 Å². The third kappa shape index (κ3) is 2.62. The summed E-state index contributed by atoms with van der Waals surface area (Å²) in [5.41, 5.74) is 2.84. The van der Waals surface area contributed by atoms with Gasteiger partial charge in [0.05, 0.1) is 0 Å². The average molecular weight is 174 g/mol. The molecule has 0 amide bonds. The molecule has 1 heteroatoms. The van der Waals surface area contributed by atoms with E-state index in [-0.39, 0.29) is 5.31 Å². The molecule has 0 saturated heterocycles. The van der Waals surface area contributed by atoms with E-state index in [4.69, 9.17) is 0 Å². The molecule has 1 rings (SSSR count). The summed E-state index contributed by atoms with van der Waals surface area (Å²) in [5, 5.41) is 0.273. The minimum absolute atomic E-state index is 0.273. The lowest BCUT2D eigenvalue weighted by Crippen LogP contribution is -2.16. The van der Waals surface area contributed by atoms with Gasteiger partial charge < -0.3 is 0 Å². The molecule has 0 unspecified atom stereocenters. The molecule has 0 aliphatic heterocycles. The number of hydrogen-bond donors (Lipinski definition) is 0. The maximum Gasteiger partial charge on any atom is 0.114 e. The van der Waals surface area contributed by atoms with Gasteiger partial charge in [-0.05, 0) is 16.8 Å². The monoisotopic (exact) mass is 174 g/mol. The van der Waals surface area contributed by atoms with Gasteiger partial charge in [0.2, 0.25) is 0 Å². The highest BCUT2D eigenvalue weighted by molar-refractivity contribution is 6.15. The summed E-state index contributed by atoms with van der Waals surface area (Å²) in [7, 11) is 2.25. The first kappa shape index (κ1) is 10.4. The molecule has 0 fully saturated rings. The van der Waals surface area contributed by atoms with Crippen LogP contribution in [0.2, 0.25) is 0 Å². The summed E-state index contributed by atoms with van der Waals surface area (Å²) >= 11 is 0. The molecule has 0 atom stereocenters. The van der Waals surface area contributed by atoms with E-state index in [2.05, 4.69) is 59.8 Å². The Morgan fingerprint density at radius 1 is 1.08 bits per heavy atom. The van der Waals surface area contributed by atoms with E-state index in [0.29, 0.717) is 5.92 Å². The van der Waals surface area contributed by atoms with Crippen LogP contribution >= 0.6 is 0 Å². The maximum atomic E-state index is 2.25. The van der Waals surface area contributed by atoms with E-state index in [1.165, 1.54) is 11.1 Å². The zero-order chi connectivity index (χ0) is 10.1. The molecular formula is C12H19B. The van der Waals surface area contributed by atoms with Crippen LogP contribution in [0.25, 0.3) is 0 Å². The lowest BCUT2D eigenvalue weighted by Gasteiger charge is -2.19. The zero-order valence-corrected chi connectivity index (χ0v) is 9.39. The Balaban J connectivity index is 2.94. The highest BCUT2D eigenvalue weighted by Gasteiger charge is 2.13. The maximum absolute atomic E-state index is 2.25. The van der Waals surface area contributed by atoms with Crippen LogP contribution in [0.1, 0.15) is 44.7 Å². The second kappa shape index (κ2) is 3.57. The van der Waals surface area contributed by atoms with E-state index in [1.807, 2.05) is 0 Å². The number of rotatable bonds is 2. The number of benzene rings is 1. The molecule has 0 radical (unpaired) electrons. The van der Waals surface area contributed by atoms with Crippen LogP contribution in [0.15, 0.2) is 24.3 Å². The average Bonchev–Trinajstić information content (AvgIpc) is 2.03. The van der Waals surface area contributed by atoms with Crippen molar-refractivity contribution in [3.05, 3.63) is 35.4 Å². The molecule has 0 bridgehead atoms. The van der Waals surface area contributed by atoms with E-state index in [9.17, 15) is 0 Å². The Hall–Kier alpha value is -0.715. The molecule has 0 aromatic heterocycles. The fourth-order valence-corrected chi connectivity index (χ4v) is 1.37. The molecule has 0 heterocycles. The van der Waals surface area contributed by atoms with Crippen LogP contribution in [-0.4, -0.2) is 7.85 Å². The minimum atomic E-state index is 0.273. The van der Waals surface area contributed by atoms with Crippen LogP contribution in [0.3, 0.4) is 0 Å². The normalized spacial score (nSPS) is 12.1. The summed E-state index contributed by atoms with van der Waals surface area (Å²) in [6.07, 6.45) is 0. The second-order valence-electron chi connectivity index (χ2n) is 5.03. The first-order chi connectivity index (χ1) is 5.91. The topological polar surface area (TPSA) is 0 Å². The quantitative estimate of drug-likeness (QED) is 0.604. The van der Waals surface area contributed by atoms with Crippen molar-refractivity contribution in [3.8, 4) is 0 Å². The van der Waals surface area contributed by atoms with Gasteiger partial charge in [-0.2, -0.15) is 0 Å². The fraction of sp³-hybridized carbons (Fsp3) is 0.500. The van der Waals surface area contributed by atoms with Gasteiger partial charge in [0.15, 0.2) is 0 Å². The Morgan fingerprint density at radius 2 is 1.54 bits per heavy atom. The van der Waals surface area contributed by atoms with Gasteiger partial charge in [0, 0.05) is 0 Å². The van der Waals surface area contributed by atoms with Crippen molar-refractivity contribution in [2.24, 2.45) is 0 Å². The summed E-state index contributed by atoms with van der Waals surface area (Å²) in [4.78, 5) is 0. The lowest BCUT2D eigenvalue weighted by atomic mass is 9.67. The van der Waals surface area contributed by atoms with Crippen molar-refractivity contribution in [1.29, 1.82) is 0 Å². The third-order valence-corrected chi connectivity index (χ3v) is 2.44. The molecule has 0 N–H and O–H groups in total. The molecule has 0 nitrogen and oxygen atoms in total. The van der Waals surface area contributed by atoms with Gasteiger partial charge >= 0.3 is 0 Å². The smallest absolute Gasteiger partial charge is 0.0632 e. The van der Waals surface area contributed by atoms with Gasteiger partial charge in [0.1, 0.15) is 7.85 Å².